The number of carbonyl (C=O) groups excluding carboxylic acids is 1. The highest BCUT2D eigenvalue weighted by Crippen LogP contribution is 2.08. The summed E-state index contributed by atoms with van der Waals surface area (Å²) in [5.74, 6) is 0.505. The second kappa shape index (κ2) is 4.57. The van der Waals surface area contributed by atoms with E-state index in [2.05, 4.69) is 20.6 Å². The van der Waals surface area contributed by atoms with Crippen molar-refractivity contribution in [1.82, 2.24) is 15.3 Å². The van der Waals surface area contributed by atoms with E-state index in [1.54, 1.807) is 6.07 Å². The summed E-state index contributed by atoms with van der Waals surface area (Å²) in [5.41, 5.74) is 0.331. The predicted molar refractivity (Wildman–Crippen MR) is 56.4 cm³/mol. The molecule has 82 valence electrons. The fourth-order valence-electron chi connectivity index (χ4n) is 1.53. The number of hydrogen-bond acceptors (Lipinski definition) is 5. The minimum Gasteiger partial charge on any atom is -0.354 e. The maximum Gasteiger partial charge on any atom is 0.224 e. The molecule has 1 atom stereocenters. The molecule has 2 heterocycles. The smallest absolute Gasteiger partial charge is 0.224 e. The molecule has 0 spiro atoms. The van der Waals surface area contributed by atoms with Crippen LogP contribution in [0.25, 0.3) is 0 Å². The van der Waals surface area contributed by atoms with E-state index in [9.17, 15) is 4.79 Å². The van der Waals surface area contributed by atoms with E-state index < -0.39 is 0 Å². The molecule has 0 saturated carbocycles. The van der Waals surface area contributed by atoms with Crippen molar-refractivity contribution in [3.05, 3.63) is 18.0 Å². The highest BCUT2D eigenvalue weighted by atomic mass is 16.1. The monoisotopic (exact) mass is 217 g/mol. The number of nitrogens with zero attached hydrogens (tertiary/aromatic N) is 3. The van der Waals surface area contributed by atoms with Gasteiger partial charge in [0.25, 0.3) is 0 Å². The molecule has 1 aromatic heterocycles. The zero-order chi connectivity index (χ0) is 11.4. The Morgan fingerprint density at radius 2 is 2.50 bits per heavy atom. The highest BCUT2D eigenvalue weighted by Gasteiger charge is 2.18. The average Bonchev–Trinajstić information content (AvgIpc) is 2.32. The van der Waals surface area contributed by atoms with Crippen LogP contribution in [0.15, 0.2) is 12.3 Å². The lowest BCUT2D eigenvalue weighted by molar-refractivity contribution is -0.122. The average molecular weight is 217 g/mol. The maximum atomic E-state index is 10.9. The Hall–Kier alpha value is -2.16. The number of aromatic nitrogens is 2. The van der Waals surface area contributed by atoms with Gasteiger partial charge in [0.15, 0.2) is 0 Å². The number of anilines is 1. The SMILES string of the molecule is N#Cc1ccnc(NC2CCC(=O)NC2)n1. The minimum absolute atomic E-state index is 0.0738. The second-order valence-corrected chi connectivity index (χ2v) is 3.56. The van der Waals surface area contributed by atoms with E-state index in [4.69, 9.17) is 5.26 Å². The molecule has 0 bridgehead atoms. The normalized spacial score (nSPS) is 19.7. The zero-order valence-corrected chi connectivity index (χ0v) is 8.60. The third kappa shape index (κ3) is 2.45. The Kier molecular flexibility index (Phi) is 2.96. The third-order valence-corrected chi connectivity index (χ3v) is 2.37. The molecule has 1 unspecified atom stereocenters. The molecular formula is C10H11N5O. The number of hydrogen-bond donors (Lipinski definition) is 2. The van der Waals surface area contributed by atoms with Crippen molar-refractivity contribution in [2.75, 3.05) is 11.9 Å². The minimum atomic E-state index is 0.0738. The standard InChI is InChI=1S/C10H11N5O/c11-5-7-3-4-12-10(14-7)15-8-1-2-9(16)13-6-8/h3-4,8H,1-2,6H2,(H,13,16)(H,12,14,15). The lowest BCUT2D eigenvalue weighted by Crippen LogP contribution is -2.42. The van der Waals surface area contributed by atoms with Crippen LogP contribution in [-0.4, -0.2) is 28.5 Å². The molecule has 1 saturated heterocycles. The van der Waals surface area contributed by atoms with Crippen LogP contribution in [0, 0.1) is 11.3 Å². The molecular weight excluding hydrogens is 206 g/mol. The van der Waals surface area contributed by atoms with Crippen LogP contribution in [0.1, 0.15) is 18.5 Å². The van der Waals surface area contributed by atoms with E-state index in [-0.39, 0.29) is 11.9 Å². The van der Waals surface area contributed by atoms with Gasteiger partial charge in [0, 0.05) is 25.2 Å². The Morgan fingerprint density at radius 3 is 3.19 bits per heavy atom. The van der Waals surface area contributed by atoms with Crippen molar-refractivity contribution in [2.24, 2.45) is 0 Å². The van der Waals surface area contributed by atoms with Gasteiger partial charge in [0.2, 0.25) is 11.9 Å². The quantitative estimate of drug-likeness (QED) is 0.729. The fraction of sp³-hybridized carbons (Fsp3) is 0.400. The van der Waals surface area contributed by atoms with Crippen LogP contribution in [0.2, 0.25) is 0 Å². The summed E-state index contributed by atoms with van der Waals surface area (Å²) in [4.78, 5) is 19.0. The summed E-state index contributed by atoms with van der Waals surface area (Å²) in [6.45, 7) is 0.568. The van der Waals surface area contributed by atoms with Gasteiger partial charge in [0.1, 0.15) is 11.8 Å². The Morgan fingerprint density at radius 1 is 1.62 bits per heavy atom. The molecule has 0 radical (unpaired) electrons. The van der Waals surface area contributed by atoms with Gasteiger partial charge in [-0.05, 0) is 12.5 Å². The molecule has 6 nitrogen and oxygen atoms in total. The van der Waals surface area contributed by atoms with Crippen LogP contribution < -0.4 is 10.6 Å². The second-order valence-electron chi connectivity index (χ2n) is 3.56. The van der Waals surface area contributed by atoms with E-state index in [1.807, 2.05) is 6.07 Å². The van der Waals surface area contributed by atoms with Crippen LogP contribution in [0.5, 0.6) is 0 Å². The largest absolute Gasteiger partial charge is 0.354 e. The molecule has 1 aliphatic heterocycles. The van der Waals surface area contributed by atoms with Gasteiger partial charge in [-0.2, -0.15) is 5.26 Å². The van der Waals surface area contributed by atoms with E-state index in [0.717, 1.165) is 6.42 Å². The van der Waals surface area contributed by atoms with Crippen molar-refractivity contribution < 1.29 is 4.79 Å². The molecule has 1 fully saturated rings. The molecule has 1 amide bonds. The molecule has 16 heavy (non-hydrogen) atoms. The first-order valence-electron chi connectivity index (χ1n) is 5.04. The fourth-order valence-corrected chi connectivity index (χ4v) is 1.53. The van der Waals surface area contributed by atoms with Crippen LogP contribution in [0.3, 0.4) is 0 Å². The topological polar surface area (TPSA) is 90.7 Å². The van der Waals surface area contributed by atoms with E-state index in [1.165, 1.54) is 6.20 Å². The van der Waals surface area contributed by atoms with Gasteiger partial charge >= 0.3 is 0 Å². The van der Waals surface area contributed by atoms with Gasteiger partial charge in [0.05, 0.1) is 0 Å². The van der Waals surface area contributed by atoms with Gasteiger partial charge in [-0.25, -0.2) is 9.97 Å². The Labute approximate surface area is 92.7 Å². The predicted octanol–water partition coefficient (Wildman–Crippen LogP) is 0.0388. The van der Waals surface area contributed by atoms with Gasteiger partial charge in [-0.1, -0.05) is 0 Å². The van der Waals surface area contributed by atoms with Gasteiger partial charge in [-0.15, -0.1) is 0 Å². The summed E-state index contributed by atoms with van der Waals surface area (Å²) in [6.07, 6.45) is 2.80. The molecule has 2 rings (SSSR count). The summed E-state index contributed by atoms with van der Waals surface area (Å²) in [7, 11) is 0. The number of carbonyl (C=O) groups is 1. The molecule has 1 aromatic rings. The molecule has 1 aliphatic rings. The number of rotatable bonds is 2. The number of nitriles is 1. The number of amides is 1. The molecule has 0 aliphatic carbocycles. The first kappa shape index (κ1) is 10.4. The first-order chi connectivity index (χ1) is 7.78. The summed E-state index contributed by atoms with van der Waals surface area (Å²) >= 11 is 0. The summed E-state index contributed by atoms with van der Waals surface area (Å²) < 4.78 is 0. The third-order valence-electron chi connectivity index (χ3n) is 2.37. The van der Waals surface area contributed by atoms with Crippen LogP contribution >= 0.6 is 0 Å². The van der Waals surface area contributed by atoms with Gasteiger partial charge < -0.3 is 10.6 Å². The first-order valence-corrected chi connectivity index (χ1v) is 5.04. The van der Waals surface area contributed by atoms with Crippen molar-refractivity contribution in [3.63, 3.8) is 0 Å². The lowest BCUT2D eigenvalue weighted by Gasteiger charge is -2.23. The highest BCUT2D eigenvalue weighted by molar-refractivity contribution is 5.76. The van der Waals surface area contributed by atoms with Crippen LogP contribution in [0.4, 0.5) is 5.95 Å². The van der Waals surface area contributed by atoms with Crippen LogP contribution in [-0.2, 0) is 4.79 Å². The Balaban J connectivity index is 1.98. The molecule has 0 aromatic carbocycles. The Bertz CT molecular complexity index is 429. The summed E-state index contributed by atoms with van der Waals surface area (Å²) in [5, 5.41) is 14.5. The maximum absolute atomic E-state index is 10.9. The molecule has 2 N–H and O–H groups in total. The van der Waals surface area contributed by atoms with Crippen molar-refractivity contribution >= 4 is 11.9 Å². The number of piperidine rings is 1. The van der Waals surface area contributed by atoms with Crippen molar-refractivity contribution in [2.45, 2.75) is 18.9 Å². The van der Waals surface area contributed by atoms with Crippen molar-refractivity contribution in [3.8, 4) is 6.07 Å². The van der Waals surface area contributed by atoms with E-state index in [0.29, 0.717) is 24.6 Å². The van der Waals surface area contributed by atoms with Crippen molar-refractivity contribution in [1.29, 1.82) is 5.26 Å². The zero-order valence-electron chi connectivity index (χ0n) is 8.60. The summed E-state index contributed by atoms with van der Waals surface area (Å²) in [6, 6.07) is 3.63. The van der Waals surface area contributed by atoms with E-state index >= 15 is 0 Å². The number of nitrogens with one attached hydrogen (secondary N) is 2. The molecule has 6 heteroatoms. The lowest BCUT2D eigenvalue weighted by atomic mass is 10.1. The van der Waals surface area contributed by atoms with Gasteiger partial charge in [-0.3, -0.25) is 4.79 Å².